The van der Waals surface area contributed by atoms with E-state index in [1.807, 2.05) is 66.7 Å². The Morgan fingerprint density at radius 2 is 0.736 bits per heavy atom. The number of aliphatic carboxylic acids is 2. The van der Waals surface area contributed by atoms with Crippen LogP contribution in [0.25, 0.3) is 148 Å². The number of aromatic nitrogens is 12. The summed E-state index contributed by atoms with van der Waals surface area (Å²) in [7, 11) is 0. The number of aromatic carboxylic acids is 4. The van der Waals surface area contributed by atoms with E-state index in [0.717, 1.165) is 109 Å². The number of nitrogens with zero attached hydrogens (tertiary/aromatic N) is 6. The first-order valence-electron chi connectivity index (χ1n) is 36.6. The Balaban J connectivity index is 0.000000119. The summed E-state index contributed by atoms with van der Waals surface area (Å²) in [5.74, 6) is -6.40. The van der Waals surface area contributed by atoms with Crippen molar-refractivity contribution in [2.75, 3.05) is 0 Å². The second-order valence-corrected chi connectivity index (χ2v) is 29.2. The molecule has 0 unspecified atom stereocenters. The fourth-order valence-electron chi connectivity index (χ4n) is 13.0. The van der Waals surface area contributed by atoms with E-state index >= 15 is 0 Å². The molecule has 0 spiro atoms. The Bertz CT molecular complexity index is 7220. The Kier molecular flexibility index (Phi) is 24.0. The molecule has 0 bridgehead atoms. The predicted molar refractivity (Wildman–Crippen MR) is 458 cm³/mol. The smallest absolute Gasteiger partial charge is 0.335 e. The van der Waals surface area contributed by atoms with E-state index in [0.29, 0.717) is 49.9 Å². The van der Waals surface area contributed by atoms with Gasteiger partial charge in [0.25, 0.3) is 0 Å². The van der Waals surface area contributed by atoms with E-state index in [4.69, 9.17) is 30.6 Å². The van der Waals surface area contributed by atoms with E-state index in [1.165, 1.54) is 77.7 Å². The molecule has 0 aliphatic heterocycles. The first-order valence-corrected chi connectivity index (χ1v) is 38.2. The van der Waals surface area contributed by atoms with Crippen molar-refractivity contribution in [1.29, 1.82) is 0 Å². The highest BCUT2D eigenvalue weighted by atomic mass is 32.1. The maximum atomic E-state index is 13.3. The number of H-pyrrole nitrogens is 6. The van der Waals surface area contributed by atoms with Crippen molar-refractivity contribution in [3.8, 4) is 66.2 Å². The largest absolute Gasteiger partial charge is 0.481 e. The van der Waals surface area contributed by atoms with Crippen molar-refractivity contribution < 1.29 is 77.8 Å². The van der Waals surface area contributed by atoms with Crippen LogP contribution in [0.5, 0.6) is 0 Å². The van der Waals surface area contributed by atoms with Crippen molar-refractivity contribution >= 4 is 152 Å². The van der Waals surface area contributed by atoms with Crippen LogP contribution in [0.3, 0.4) is 0 Å². The Morgan fingerprint density at radius 1 is 0.339 bits per heavy atom. The third kappa shape index (κ3) is 18.8. The fraction of sp³-hybridized carbons (Fsp3) is 0.0330. The summed E-state index contributed by atoms with van der Waals surface area (Å²) in [6, 6.07) is 73.2. The maximum absolute atomic E-state index is 13.3. The molecule has 19 aromatic rings. The van der Waals surface area contributed by atoms with E-state index in [-0.39, 0.29) is 51.9 Å². The third-order valence-corrected chi connectivity index (χ3v) is 21.2. The molecule has 0 saturated heterocycles. The topological polar surface area (TPSA) is 430 Å². The monoisotopic (exact) mass is 1650 g/mol. The number of carbonyl (C=O) groups is 8. The Hall–Kier alpha value is -16.3. The van der Waals surface area contributed by atoms with Gasteiger partial charge in [0.15, 0.2) is 11.6 Å². The van der Waals surface area contributed by atoms with Gasteiger partial charge in [-0.2, -0.15) is 30.6 Å². The van der Waals surface area contributed by atoms with E-state index in [1.54, 1.807) is 145 Å². The normalized spacial score (nSPS) is 10.9. The van der Waals surface area contributed by atoms with Gasteiger partial charge in [0.05, 0.1) is 87.8 Å². The minimum absolute atomic E-state index is 0.00677. The second-order valence-electron chi connectivity index (χ2n) is 27.0. The molecule has 0 aliphatic carbocycles. The molecule has 8 heterocycles. The number of fused-ring (bicyclic) bond motifs is 7. The number of rotatable bonds is 16. The van der Waals surface area contributed by atoms with Crippen LogP contribution in [-0.4, -0.2) is 139 Å². The fourth-order valence-corrected chi connectivity index (χ4v) is 15.0. The number of nitrogens with one attached hydrogen (secondary N) is 6. The quantitative estimate of drug-likeness (QED) is 0.0316. The second kappa shape index (κ2) is 35.8. The van der Waals surface area contributed by atoms with Gasteiger partial charge in [-0.15, -0.1) is 22.7 Å². The summed E-state index contributed by atoms with van der Waals surface area (Å²) < 4.78 is 27.8. The van der Waals surface area contributed by atoms with Gasteiger partial charge < -0.3 is 30.6 Å². The van der Waals surface area contributed by atoms with Gasteiger partial charge in [-0.3, -0.25) is 45.0 Å². The molecule has 0 atom stereocenters. The predicted octanol–water partition coefficient (Wildman–Crippen LogP) is 19.9. The number of ketones is 2. The molecule has 121 heavy (non-hydrogen) atoms. The lowest BCUT2D eigenvalue weighted by atomic mass is 10.0. The zero-order valence-electron chi connectivity index (χ0n) is 63.3. The van der Waals surface area contributed by atoms with Crippen molar-refractivity contribution in [3.63, 3.8) is 0 Å². The molecule has 0 aliphatic rings. The van der Waals surface area contributed by atoms with Crippen LogP contribution in [0.4, 0.5) is 8.78 Å². The van der Waals surface area contributed by atoms with E-state index < -0.39 is 35.8 Å². The van der Waals surface area contributed by atoms with Gasteiger partial charge in [-0.1, -0.05) is 103 Å². The molecule has 26 nitrogen and oxygen atoms in total. The highest BCUT2D eigenvalue weighted by molar-refractivity contribution is 7.22. The summed E-state index contributed by atoms with van der Waals surface area (Å²) in [4.78, 5) is 90.9. The maximum Gasteiger partial charge on any atom is 0.335 e. The number of benzene rings is 11. The molecular weight excluding hydrogens is 1590 g/mol. The van der Waals surface area contributed by atoms with Crippen LogP contribution in [0.15, 0.2) is 261 Å². The number of carbonyl (C=O) groups excluding carboxylic acids is 2. The van der Waals surface area contributed by atoms with Gasteiger partial charge in [0, 0.05) is 70.9 Å². The molecule has 0 amide bonds. The van der Waals surface area contributed by atoms with E-state index in [9.17, 15) is 47.1 Å². The molecular formula is C91H64F2N12O14S2. The molecule has 19 rings (SSSR count). The van der Waals surface area contributed by atoms with E-state index in [2.05, 4.69) is 79.4 Å². The number of halogens is 2. The minimum Gasteiger partial charge on any atom is -0.481 e. The van der Waals surface area contributed by atoms with Crippen LogP contribution in [0.1, 0.15) is 86.4 Å². The van der Waals surface area contributed by atoms with Crippen molar-refractivity contribution in [1.82, 2.24) is 61.2 Å². The number of hydrogen-bond acceptors (Lipinski definition) is 16. The van der Waals surface area contributed by atoms with Crippen molar-refractivity contribution in [2.24, 2.45) is 0 Å². The zero-order chi connectivity index (χ0) is 85.1. The number of Topliss-reactive ketones (excluding diaryl/α,β-unsaturated/α-hetero) is 2. The SMILES string of the molecule is CC(=O)c1ccc(-c2n[nH]c3ccc(C(=O)O)cc23)s1.CC(=O)c1cccc(-c2n[nH]c3ccc(C(=O)O)cc23)c1.O=C(O)/C=C/c1ccc2[nH]nc(-c3cccc(F)c3)c2c1.O=C(O)Cc1ccc2[nH]nc(-c3cccc(F)c3)c2c1.O=C(O)c1ccc2[nH]nc(-c3cc4ccccc4s3)c2c1.O=C(O)c1ccc2[nH]nc(-c3ccccc3)c2c1. The van der Waals surface area contributed by atoms with Gasteiger partial charge >= 0.3 is 35.8 Å². The molecule has 8 aromatic heterocycles. The number of carboxylic acid groups (broad SMARTS) is 6. The number of aromatic amines is 6. The van der Waals surface area contributed by atoms with Gasteiger partial charge in [0.2, 0.25) is 0 Å². The Morgan fingerprint density at radius 3 is 1.17 bits per heavy atom. The van der Waals surface area contributed by atoms with Crippen molar-refractivity contribution in [2.45, 2.75) is 20.3 Å². The standard InChI is InChI=1S/C16H11FN2O2.C16H12N2O3.C16H10N2O2S.C15H11FN2O2.C14H10N2O3S.C14H10N2O2/c17-12-3-1-2-11(9-12)16-13-8-10(5-7-15(20)21)4-6-14(13)18-19-16;1-9(19)10-3-2-4-11(7-10)15-13-8-12(16(20)21)5-6-14(13)17-18-15;19-16(20)10-5-6-12-11(7-10)15(18-17-12)14-8-9-3-1-2-4-13(9)21-14;16-11-3-1-2-10(8-11)15-12-6-9(7-14(19)20)4-5-13(12)17-18-15;1-7(17)11-4-5-12(20-11)13-9-6-8(14(18)19)2-3-10(9)15-16-13;17-14(18)10-6-7-12-11(8-10)13(16-15-12)9-4-2-1-3-5-9/h1-9H,(H,18,19)(H,20,21);2-8H,1H3,(H,17,18)(H,20,21);1-8H,(H,17,18)(H,19,20);1-6,8H,7H2,(H,17,18)(H,19,20);2-6H,1H3,(H,15,16)(H,18,19);1-8H,(H,15,16)(H,17,18)/b7-5+;;;;;. The first kappa shape index (κ1) is 81.2. The Labute approximate surface area is 689 Å². The van der Waals surface area contributed by atoms with Crippen LogP contribution >= 0.6 is 22.7 Å². The third-order valence-electron chi connectivity index (χ3n) is 18.9. The highest BCUT2D eigenvalue weighted by Crippen LogP contribution is 2.38. The van der Waals surface area contributed by atoms with Gasteiger partial charge in [0.1, 0.15) is 34.4 Å². The summed E-state index contributed by atoms with van der Waals surface area (Å²) in [5, 5.41) is 102. The molecule has 0 saturated carbocycles. The number of hydrogen-bond donors (Lipinski definition) is 12. The lowest BCUT2D eigenvalue weighted by molar-refractivity contribution is -0.136. The average molecular weight is 1650 g/mol. The lowest BCUT2D eigenvalue weighted by Gasteiger charge is -2.01. The lowest BCUT2D eigenvalue weighted by Crippen LogP contribution is -1.99. The first-order chi connectivity index (χ1) is 58.4. The molecule has 30 heteroatoms. The van der Waals surface area contributed by atoms with Gasteiger partial charge in [-0.25, -0.2) is 32.8 Å². The number of carboxylic acids is 6. The summed E-state index contributed by atoms with van der Waals surface area (Å²) in [6.07, 6.45) is 2.52. The molecule has 12 N–H and O–H groups in total. The summed E-state index contributed by atoms with van der Waals surface area (Å²) >= 11 is 3.00. The zero-order valence-corrected chi connectivity index (χ0v) is 64.9. The average Bonchev–Trinajstić information content (AvgIpc) is 1.64. The molecule has 598 valence electrons. The molecule has 0 radical (unpaired) electrons. The summed E-state index contributed by atoms with van der Waals surface area (Å²) in [6.45, 7) is 3.02. The summed E-state index contributed by atoms with van der Waals surface area (Å²) in [5.41, 5.74) is 14.9. The van der Waals surface area contributed by atoms with Crippen LogP contribution in [0.2, 0.25) is 0 Å². The van der Waals surface area contributed by atoms with Crippen LogP contribution in [-0.2, 0) is 16.0 Å². The number of thiophene rings is 2. The van der Waals surface area contributed by atoms with Crippen LogP contribution in [0, 0.1) is 11.6 Å². The highest BCUT2D eigenvalue weighted by Gasteiger charge is 2.20. The minimum atomic E-state index is -1.01. The molecule has 11 aromatic carbocycles. The van der Waals surface area contributed by atoms with Crippen molar-refractivity contribution in [3.05, 3.63) is 316 Å². The van der Waals surface area contributed by atoms with Gasteiger partial charge in [-0.05, 0) is 188 Å². The molecule has 0 fully saturated rings. The van der Waals surface area contributed by atoms with Crippen LogP contribution < -0.4 is 0 Å².